The van der Waals surface area contributed by atoms with Gasteiger partial charge in [-0.3, -0.25) is 9.59 Å². The molecular formula is C24H34N4O5S. The van der Waals surface area contributed by atoms with Gasteiger partial charge in [-0.15, -0.1) is 0 Å². The smallest absolute Gasteiger partial charge is 0.255 e. The molecule has 2 heterocycles. The fraction of sp³-hybridized carbons (Fsp3) is 0.500. The molecule has 9 nitrogen and oxygen atoms in total. The Bertz CT molecular complexity index is 1100. The number of nitrogens with one attached hydrogen (secondary N) is 1. The first kappa shape index (κ1) is 25.9. The summed E-state index contributed by atoms with van der Waals surface area (Å²) in [7, 11) is -2.10. The fourth-order valence-corrected chi connectivity index (χ4v) is 5.71. The number of hydrogen-bond donors (Lipinski definition) is 1. The average molecular weight is 491 g/mol. The topological polar surface area (TPSA) is 101 Å². The molecule has 0 spiro atoms. The molecule has 0 aliphatic carbocycles. The number of aromatic nitrogens is 1. The number of amides is 2. The molecular weight excluding hydrogens is 456 g/mol. The Morgan fingerprint density at radius 3 is 2.53 bits per heavy atom. The van der Waals surface area contributed by atoms with Gasteiger partial charge in [-0.25, -0.2) is 8.42 Å². The first-order valence-electron chi connectivity index (χ1n) is 11.5. The molecule has 1 aliphatic rings. The molecule has 0 radical (unpaired) electrons. The van der Waals surface area contributed by atoms with Crippen LogP contribution in [-0.2, 0) is 26.1 Å². The highest BCUT2D eigenvalue weighted by Crippen LogP contribution is 2.19. The van der Waals surface area contributed by atoms with Gasteiger partial charge in [0.25, 0.3) is 5.91 Å². The van der Waals surface area contributed by atoms with Gasteiger partial charge in [0, 0.05) is 64.2 Å². The van der Waals surface area contributed by atoms with E-state index in [0.29, 0.717) is 44.8 Å². The Labute approximate surface area is 201 Å². The third-order valence-corrected chi connectivity index (χ3v) is 8.03. The number of ether oxygens (including phenoxy) is 1. The van der Waals surface area contributed by atoms with Crippen LogP contribution in [0.25, 0.3) is 0 Å². The van der Waals surface area contributed by atoms with E-state index in [4.69, 9.17) is 4.74 Å². The quantitative estimate of drug-likeness (QED) is 0.666. The molecule has 0 atom stereocenters. The summed E-state index contributed by atoms with van der Waals surface area (Å²) in [6.45, 7) is 6.46. The van der Waals surface area contributed by atoms with Gasteiger partial charge < -0.3 is 19.5 Å². The Morgan fingerprint density at radius 1 is 1.09 bits per heavy atom. The number of carbonyl (C=O) groups excluding carboxylic acids is 2. The van der Waals surface area contributed by atoms with E-state index in [9.17, 15) is 18.0 Å². The Hall–Kier alpha value is -2.69. The van der Waals surface area contributed by atoms with Crippen molar-refractivity contribution in [2.24, 2.45) is 0 Å². The van der Waals surface area contributed by atoms with E-state index >= 15 is 0 Å². The van der Waals surface area contributed by atoms with Crippen LogP contribution in [0.3, 0.4) is 0 Å². The summed E-state index contributed by atoms with van der Waals surface area (Å²) in [4.78, 5) is 27.6. The molecule has 1 aromatic heterocycles. The minimum absolute atomic E-state index is 0.0701. The van der Waals surface area contributed by atoms with Crippen LogP contribution in [0.2, 0.25) is 0 Å². The zero-order chi connectivity index (χ0) is 24.7. The third kappa shape index (κ3) is 6.05. The SMILES string of the molecule is COCCn1c(C)cc(C(=O)N2CCCN(S(=O)(=O)c3ccccc3)CCC(=O)NCC2)c1C. The zero-order valence-corrected chi connectivity index (χ0v) is 20.9. The predicted molar refractivity (Wildman–Crippen MR) is 129 cm³/mol. The van der Waals surface area contributed by atoms with Crippen molar-refractivity contribution < 1.29 is 22.7 Å². The largest absolute Gasteiger partial charge is 0.383 e. The summed E-state index contributed by atoms with van der Waals surface area (Å²) in [5, 5.41) is 2.81. The molecule has 0 saturated carbocycles. The van der Waals surface area contributed by atoms with Crippen LogP contribution in [0.4, 0.5) is 0 Å². The van der Waals surface area contributed by atoms with E-state index in [1.165, 1.54) is 4.31 Å². The molecule has 10 heteroatoms. The second-order valence-electron chi connectivity index (χ2n) is 8.39. The van der Waals surface area contributed by atoms with Crippen LogP contribution in [0.15, 0.2) is 41.3 Å². The summed E-state index contributed by atoms with van der Waals surface area (Å²) in [6.07, 6.45) is 0.537. The number of sulfonamides is 1. The second kappa shape index (κ2) is 11.6. The van der Waals surface area contributed by atoms with Crippen LogP contribution >= 0.6 is 0 Å². The summed E-state index contributed by atoms with van der Waals surface area (Å²) >= 11 is 0. The number of aryl methyl sites for hydroxylation is 1. The minimum atomic E-state index is -3.74. The van der Waals surface area contributed by atoms with Gasteiger partial charge in [0.05, 0.1) is 17.1 Å². The minimum Gasteiger partial charge on any atom is -0.383 e. The lowest BCUT2D eigenvalue weighted by Gasteiger charge is -2.25. The van der Waals surface area contributed by atoms with Crippen molar-refractivity contribution in [3.63, 3.8) is 0 Å². The monoisotopic (exact) mass is 490 g/mol. The van der Waals surface area contributed by atoms with E-state index in [0.717, 1.165) is 11.4 Å². The number of methoxy groups -OCH3 is 1. The van der Waals surface area contributed by atoms with E-state index < -0.39 is 10.0 Å². The van der Waals surface area contributed by atoms with Gasteiger partial charge >= 0.3 is 0 Å². The Balaban J connectivity index is 1.79. The van der Waals surface area contributed by atoms with Crippen LogP contribution < -0.4 is 5.32 Å². The zero-order valence-electron chi connectivity index (χ0n) is 20.1. The highest BCUT2D eigenvalue weighted by molar-refractivity contribution is 7.89. The van der Waals surface area contributed by atoms with E-state index in [1.54, 1.807) is 42.3 Å². The highest BCUT2D eigenvalue weighted by atomic mass is 32.2. The normalized spacial score (nSPS) is 16.7. The van der Waals surface area contributed by atoms with Crippen molar-refractivity contribution >= 4 is 21.8 Å². The van der Waals surface area contributed by atoms with Crippen molar-refractivity contribution in [3.8, 4) is 0 Å². The second-order valence-corrected chi connectivity index (χ2v) is 10.3. The molecule has 34 heavy (non-hydrogen) atoms. The van der Waals surface area contributed by atoms with E-state index in [2.05, 4.69) is 9.88 Å². The molecule has 1 aromatic carbocycles. The summed E-state index contributed by atoms with van der Waals surface area (Å²) in [6, 6.07) is 10.1. The van der Waals surface area contributed by atoms with Gasteiger partial charge in [-0.05, 0) is 38.5 Å². The van der Waals surface area contributed by atoms with Gasteiger partial charge in [-0.1, -0.05) is 18.2 Å². The number of benzene rings is 1. The maximum absolute atomic E-state index is 13.4. The number of rotatable bonds is 6. The standard InChI is InChI=1S/C24H34N4O5S/c1-19-18-22(20(2)28(19)16-17-33-3)24(30)26-12-7-13-27(14-10-23(29)25-11-15-26)34(31,32)21-8-5-4-6-9-21/h4-6,8-9,18H,7,10-17H2,1-3H3,(H,25,29). The highest BCUT2D eigenvalue weighted by Gasteiger charge is 2.27. The van der Waals surface area contributed by atoms with Crippen molar-refractivity contribution in [1.82, 2.24) is 19.1 Å². The van der Waals surface area contributed by atoms with Crippen LogP contribution in [0.5, 0.6) is 0 Å². The molecule has 2 amide bonds. The van der Waals surface area contributed by atoms with Gasteiger partial charge in [-0.2, -0.15) is 4.31 Å². The molecule has 1 fully saturated rings. The number of carbonyl (C=O) groups is 2. The van der Waals surface area contributed by atoms with Crippen molar-refractivity contribution in [2.45, 2.75) is 38.1 Å². The molecule has 1 saturated heterocycles. The molecule has 1 N–H and O–H groups in total. The Kier molecular flexibility index (Phi) is 8.87. The van der Waals surface area contributed by atoms with Crippen LogP contribution in [0, 0.1) is 13.8 Å². The molecule has 0 bridgehead atoms. The fourth-order valence-electron chi connectivity index (χ4n) is 4.21. The Morgan fingerprint density at radius 2 is 1.82 bits per heavy atom. The predicted octanol–water partition coefficient (Wildman–Crippen LogP) is 1.79. The lowest BCUT2D eigenvalue weighted by molar-refractivity contribution is -0.121. The third-order valence-electron chi connectivity index (χ3n) is 6.12. The molecule has 186 valence electrons. The van der Waals surface area contributed by atoms with E-state index in [-0.39, 0.29) is 36.2 Å². The maximum atomic E-state index is 13.4. The maximum Gasteiger partial charge on any atom is 0.255 e. The molecule has 3 rings (SSSR count). The number of hydrogen-bond acceptors (Lipinski definition) is 5. The van der Waals surface area contributed by atoms with Gasteiger partial charge in [0.1, 0.15) is 0 Å². The van der Waals surface area contributed by atoms with E-state index in [1.807, 2.05) is 19.9 Å². The average Bonchev–Trinajstić information content (AvgIpc) is 3.08. The lowest BCUT2D eigenvalue weighted by atomic mass is 10.2. The summed E-state index contributed by atoms with van der Waals surface area (Å²) < 4.78 is 34.9. The van der Waals surface area contributed by atoms with Crippen molar-refractivity contribution in [3.05, 3.63) is 53.3 Å². The van der Waals surface area contributed by atoms with Crippen molar-refractivity contribution in [1.29, 1.82) is 0 Å². The van der Waals surface area contributed by atoms with Gasteiger partial charge in [0.2, 0.25) is 15.9 Å². The van der Waals surface area contributed by atoms with Crippen molar-refractivity contribution in [2.75, 3.05) is 46.4 Å². The lowest BCUT2D eigenvalue weighted by Crippen LogP contribution is -2.39. The molecule has 2 aromatic rings. The van der Waals surface area contributed by atoms with Crippen LogP contribution in [0.1, 0.15) is 34.6 Å². The number of nitrogens with zero attached hydrogens (tertiary/aromatic N) is 3. The summed E-state index contributed by atoms with van der Waals surface area (Å²) in [5.41, 5.74) is 2.46. The van der Waals surface area contributed by atoms with Gasteiger partial charge in [0.15, 0.2) is 0 Å². The first-order valence-corrected chi connectivity index (χ1v) is 13.0. The molecule has 0 unspecified atom stereocenters. The first-order chi connectivity index (χ1) is 16.3. The molecule has 1 aliphatic heterocycles. The summed E-state index contributed by atoms with van der Waals surface area (Å²) in [5.74, 6) is -0.358. The van der Waals surface area contributed by atoms with Crippen LogP contribution in [-0.4, -0.2) is 80.4 Å².